The summed E-state index contributed by atoms with van der Waals surface area (Å²) in [4.78, 5) is 16.9. The van der Waals surface area contributed by atoms with E-state index in [9.17, 15) is 9.18 Å². The van der Waals surface area contributed by atoms with Gasteiger partial charge in [-0.05, 0) is 36.4 Å². The lowest BCUT2D eigenvalue weighted by molar-refractivity contribution is 0.624. The minimum Gasteiger partial charge on any atom is -0.368 e. The summed E-state index contributed by atoms with van der Waals surface area (Å²) in [5, 5.41) is 4.46. The third-order valence-electron chi connectivity index (χ3n) is 4.71. The highest BCUT2D eigenvalue weighted by Crippen LogP contribution is 2.25. The molecule has 0 unspecified atom stereocenters. The van der Waals surface area contributed by atoms with E-state index in [2.05, 4.69) is 14.9 Å². The summed E-state index contributed by atoms with van der Waals surface area (Å²) in [6.45, 7) is 2.91. The Kier molecular flexibility index (Phi) is 4.81. The van der Waals surface area contributed by atoms with Crippen LogP contribution in [0.25, 0.3) is 5.69 Å². The normalized spacial score (nSPS) is 14.4. The van der Waals surface area contributed by atoms with Crippen molar-refractivity contribution in [2.45, 2.75) is 0 Å². The molecule has 2 aromatic carbocycles. The first kappa shape index (κ1) is 17.5. The molecule has 0 amide bonds. The van der Waals surface area contributed by atoms with E-state index in [-0.39, 0.29) is 16.4 Å². The van der Waals surface area contributed by atoms with Crippen LogP contribution in [0.4, 0.5) is 15.8 Å². The minimum absolute atomic E-state index is 0.170. The molecule has 4 rings (SSSR count). The lowest BCUT2D eigenvalue weighted by atomic mass is 10.2. The molecule has 138 valence electrons. The summed E-state index contributed by atoms with van der Waals surface area (Å²) in [5.41, 5.74) is 1.98. The topological polar surface area (TPSA) is 41.4 Å². The highest BCUT2D eigenvalue weighted by atomic mass is 35.5. The predicted molar refractivity (Wildman–Crippen MR) is 106 cm³/mol. The van der Waals surface area contributed by atoms with Gasteiger partial charge in [0.05, 0.1) is 17.6 Å². The van der Waals surface area contributed by atoms with Crippen LogP contribution < -0.4 is 15.4 Å². The van der Waals surface area contributed by atoms with Gasteiger partial charge in [-0.15, -0.1) is 0 Å². The number of benzene rings is 2. The zero-order chi connectivity index (χ0) is 18.8. The number of hydrogen-bond donors (Lipinski definition) is 0. The van der Waals surface area contributed by atoms with Crippen LogP contribution in [0, 0.1) is 5.82 Å². The molecule has 1 aliphatic heterocycles. The largest absolute Gasteiger partial charge is 0.368 e. The predicted octanol–water partition coefficient (Wildman–Crippen LogP) is 3.35. The maximum atomic E-state index is 13.1. The number of hydrogen-bond acceptors (Lipinski definition) is 4. The first-order valence-corrected chi connectivity index (χ1v) is 9.10. The Labute approximate surface area is 161 Å². The van der Waals surface area contributed by atoms with E-state index >= 15 is 0 Å². The van der Waals surface area contributed by atoms with Gasteiger partial charge in [0.25, 0.3) is 5.56 Å². The minimum atomic E-state index is -0.332. The Morgan fingerprint density at radius 2 is 1.48 bits per heavy atom. The van der Waals surface area contributed by atoms with Gasteiger partial charge in [0.1, 0.15) is 10.8 Å². The molecular weight excluding hydrogens is 367 g/mol. The summed E-state index contributed by atoms with van der Waals surface area (Å²) in [6, 6.07) is 15.7. The molecule has 5 nitrogen and oxygen atoms in total. The van der Waals surface area contributed by atoms with Crippen molar-refractivity contribution in [1.82, 2.24) is 9.78 Å². The van der Waals surface area contributed by atoms with E-state index in [0.717, 1.165) is 18.8 Å². The van der Waals surface area contributed by atoms with Crippen LogP contribution in [-0.2, 0) is 0 Å². The van der Waals surface area contributed by atoms with E-state index in [1.807, 2.05) is 30.3 Å². The third kappa shape index (κ3) is 3.53. The van der Waals surface area contributed by atoms with E-state index < -0.39 is 0 Å². The average molecular weight is 385 g/mol. The Hall–Kier alpha value is -2.86. The second kappa shape index (κ2) is 7.40. The monoisotopic (exact) mass is 384 g/mol. The van der Waals surface area contributed by atoms with Crippen molar-refractivity contribution in [2.75, 3.05) is 36.0 Å². The van der Waals surface area contributed by atoms with Gasteiger partial charge in [-0.1, -0.05) is 29.8 Å². The summed E-state index contributed by atoms with van der Waals surface area (Å²) >= 11 is 6.38. The van der Waals surface area contributed by atoms with Crippen molar-refractivity contribution >= 4 is 23.0 Å². The van der Waals surface area contributed by atoms with E-state index in [1.54, 1.807) is 18.3 Å². The molecule has 1 fully saturated rings. The van der Waals surface area contributed by atoms with E-state index in [4.69, 9.17) is 11.6 Å². The molecule has 1 aromatic heterocycles. The van der Waals surface area contributed by atoms with Gasteiger partial charge < -0.3 is 9.80 Å². The number of piperazine rings is 1. The fourth-order valence-electron chi connectivity index (χ4n) is 3.26. The van der Waals surface area contributed by atoms with Crippen LogP contribution in [0.2, 0.25) is 5.02 Å². The van der Waals surface area contributed by atoms with Crippen LogP contribution in [0.1, 0.15) is 0 Å². The molecule has 0 N–H and O–H groups in total. The molecular formula is C20H18ClFN4O. The fraction of sp³-hybridized carbons (Fsp3) is 0.200. The van der Waals surface area contributed by atoms with Crippen LogP contribution >= 0.6 is 11.6 Å². The van der Waals surface area contributed by atoms with Crippen molar-refractivity contribution in [3.8, 4) is 5.69 Å². The first-order chi connectivity index (χ1) is 13.1. The second-order valence-electron chi connectivity index (χ2n) is 6.35. The smallest absolute Gasteiger partial charge is 0.292 e. The standard InChI is InChI=1S/C20H18ClFN4O/c21-19-18(14-23-26(20(19)27)17-4-2-1-3-5-17)25-12-10-24(11-13-25)16-8-6-15(22)7-9-16/h1-9,14H,10-13H2. The molecule has 0 radical (unpaired) electrons. The van der Waals surface area contributed by atoms with Crippen molar-refractivity contribution in [2.24, 2.45) is 0 Å². The summed E-state index contributed by atoms with van der Waals surface area (Å²) < 4.78 is 14.4. The van der Waals surface area contributed by atoms with Gasteiger partial charge in [0.2, 0.25) is 0 Å². The number of aromatic nitrogens is 2. The number of halogens is 2. The maximum Gasteiger partial charge on any atom is 0.292 e. The van der Waals surface area contributed by atoms with Crippen molar-refractivity contribution in [1.29, 1.82) is 0 Å². The number of para-hydroxylation sites is 1. The van der Waals surface area contributed by atoms with Crippen molar-refractivity contribution in [3.05, 3.63) is 82.0 Å². The molecule has 2 heterocycles. The lowest BCUT2D eigenvalue weighted by Crippen LogP contribution is -2.47. The van der Waals surface area contributed by atoms with Crippen molar-refractivity contribution < 1.29 is 4.39 Å². The first-order valence-electron chi connectivity index (χ1n) is 8.72. The van der Waals surface area contributed by atoms with Gasteiger partial charge >= 0.3 is 0 Å². The van der Waals surface area contributed by atoms with Crippen LogP contribution in [-0.4, -0.2) is 36.0 Å². The zero-order valence-electron chi connectivity index (χ0n) is 14.6. The molecule has 1 aliphatic rings. The van der Waals surface area contributed by atoms with Crippen LogP contribution in [0.15, 0.2) is 65.6 Å². The van der Waals surface area contributed by atoms with Gasteiger partial charge in [-0.2, -0.15) is 9.78 Å². The van der Waals surface area contributed by atoms with Crippen molar-refractivity contribution in [3.63, 3.8) is 0 Å². The maximum absolute atomic E-state index is 13.1. The highest BCUT2D eigenvalue weighted by molar-refractivity contribution is 6.33. The zero-order valence-corrected chi connectivity index (χ0v) is 15.3. The van der Waals surface area contributed by atoms with Crippen LogP contribution in [0.5, 0.6) is 0 Å². The molecule has 7 heteroatoms. The SMILES string of the molecule is O=c1c(Cl)c(N2CCN(c3ccc(F)cc3)CC2)cnn1-c1ccccc1. The number of anilines is 2. The second-order valence-corrected chi connectivity index (χ2v) is 6.72. The molecule has 0 saturated carbocycles. The summed E-state index contributed by atoms with van der Waals surface area (Å²) in [6.07, 6.45) is 1.64. The quantitative estimate of drug-likeness (QED) is 0.694. The molecule has 27 heavy (non-hydrogen) atoms. The molecule has 0 spiro atoms. The Morgan fingerprint density at radius 3 is 2.15 bits per heavy atom. The van der Waals surface area contributed by atoms with Gasteiger partial charge in [0.15, 0.2) is 0 Å². The molecule has 0 atom stereocenters. The number of rotatable bonds is 3. The number of nitrogens with zero attached hydrogens (tertiary/aromatic N) is 4. The molecule has 0 aliphatic carbocycles. The van der Waals surface area contributed by atoms with Gasteiger partial charge in [0, 0.05) is 31.9 Å². The van der Waals surface area contributed by atoms with Gasteiger partial charge in [-0.3, -0.25) is 4.79 Å². The van der Waals surface area contributed by atoms with E-state index in [1.165, 1.54) is 16.8 Å². The molecule has 3 aromatic rings. The molecule has 0 bridgehead atoms. The molecule has 1 saturated heterocycles. The average Bonchev–Trinajstić information content (AvgIpc) is 2.71. The Bertz CT molecular complexity index is 983. The van der Waals surface area contributed by atoms with Crippen LogP contribution in [0.3, 0.4) is 0 Å². The Balaban J connectivity index is 1.52. The Morgan fingerprint density at radius 1 is 0.852 bits per heavy atom. The highest BCUT2D eigenvalue weighted by Gasteiger charge is 2.21. The fourth-order valence-corrected chi connectivity index (χ4v) is 3.50. The summed E-state index contributed by atoms with van der Waals surface area (Å²) in [5.74, 6) is -0.241. The summed E-state index contributed by atoms with van der Waals surface area (Å²) in [7, 11) is 0. The van der Waals surface area contributed by atoms with Gasteiger partial charge in [-0.25, -0.2) is 4.39 Å². The third-order valence-corrected chi connectivity index (χ3v) is 5.07. The van der Waals surface area contributed by atoms with E-state index in [0.29, 0.717) is 24.5 Å². The lowest BCUT2D eigenvalue weighted by Gasteiger charge is -2.37.